The van der Waals surface area contributed by atoms with Gasteiger partial charge in [0.25, 0.3) is 0 Å². The Labute approximate surface area is 127 Å². The predicted molar refractivity (Wildman–Crippen MR) is 86.0 cm³/mol. The maximum atomic E-state index is 9.69. The Hall–Kier alpha value is -0.980. The van der Waals surface area contributed by atoms with E-state index in [1.54, 1.807) is 0 Å². The van der Waals surface area contributed by atoms with Crippen LogP contribution in [-0.4, -0.2) is 17.8 Å². The molecule has 1 unspecified atom stereocenters. The van der Waals surface area contributed by atoms with Crippen LogP contribution in [0.5, 0.6) is 0 Å². The van der Waals surface area contributed by atoms with Gasteiger partial charge in [0.2, 0.25) is 0 Å². The summed E-state index contributed by atoms with van der Waals surface area (Å²) in [6.07, 6.45) is 3.46. The third-order valence-corrected chi connectivity index (χ3v) is 5.31. The van der Waals surface area contributed by atoms with Crippen LogP contribution in [0.15, 0.2) is 23.1 Å². The van der Waals surface area contributed by atoms with E-state index in [0.29, 0.717) is 5.92 Å². The number of nitrogens with one attached hydrogen (secondary N) is 1. The Morgan fingerprint density at radius 1 is 1.40 bits per heavy atom. The van der Waals surface area contributed by atoms with Gasteiger partial charge in [0.1, 0.15) is 5.54 Å². The molecule has 0 spiro atoms. The summed E-state index contributed by atoms with van der Waals surface area (Å²) in [5.41, 5.74) is 2.25. The van der Waals surface area contributed by atoms with Gasteiger partial charge in [0, 0.05) is 10.6 Å². The first-order valence-electron chi connectivity index (χ1n) is 7.47. The topological polar surface area (TPSA) is 35.8 Å². The summed E-state index contributed by atoms with van der Waals surface area (Å²) in [7, 11) is 0. The van der Waals surface area contributed by atoms with Crippen molar-refractivity contribution in [3.05, 3.63) is 29.3 Å². The lowest BCUT2D eigenvalue weighted by molar-refractivity contribution is 0.405. The second-order valence-corrected chi connectivity index (χ2v) is 6.86. The van der Waals surface area contributed by atoms with Gasteiger partial charge < -0.3 is 0 Å². The third-order valence-electron chi connectivity index (χ3n) is 3.96. The van der Waals surface area contributed by atoms with E-state index < -0.39 is 0 Å². The highest BCUT2D eigenvalue weighted by atomic mass is 32.2. The summed E-state index contributed by atoms with van der Waals surface area (Å²) < 4.78 is 0. The molecule has 0 radical (unpaired) electrons. The van der Waals surface area contributed by atoms with Crippen LogP contribution < -0.4 is 5.32 Å². The fraction of sp³-hybridized carbons (Fsp3) is 0.588. The van der Waals surface area contributed by atoms with E-state index in [4.69, 9.17) is 0 Å². The number of nitriles is 1. The van der Waals surface area contributed by atoms with Gasteiger partial charge in [0.15, 0.2) is 0 Å². The molecule has 1 N–H and O–H groups in total. The molecule has 0 heterocycles. The Morgan fingerprint density at radius 2 is 2.15 bits per heavy atom. The molecule has 1 saturated carbocycles. The molecule has 1 atom stereocenters. The maximum Gasteiger partial charge on any atom is 0.119 e. The molecular weight excluding hydrogens is 264 g/mol. The number of hydrogen-bond acceptors (Lipinski definition) is 3. The zero-order valence-corrected chi connectivity index (χ0v) is 13.5. The molecule has 1 fully saturated rings. The number of rotatable bonds is 7. The summed E-state index contributed by atoms with van der Waals surface area (Å²) in [6, 6.07) is 9.13. The highest BCUT2D eigenvalue weighted by Gasteiger charge is 2.45. The fourth-order valence-corrected chi connectivity index (χ4v) is 3.81. The van der Waals surface area contributed by atoms with E-state index in [2.05, 4.69) is 50.4 Å². The predicted octanol–water partition coefficient (Wildman–Crippen LogP) is 4.07. The quantitative estimate of drug-likeness (QED) is 0.768. The minimum Gasteiger partial charge on any atom is -0.298 e. The second kappa shape index (κ2) is 6.65. The van der Waals surface area contributed by atoms with Crippen LogP contribution >= 0.6 is 11.8 Å². The van der Waals surface area contributed by atoms with E-state index in [1.165, 1.54) is 28.9 Å². The largest absolute Gasteiger partial charge is 0.298 e. The van der Waals surface area contributed by atoms with Crippen molar-refractivity contribution in [1.29, 1.82) is 5.26 Å². The molecule has 1 aliphatic carbocycles. The van der Waals surface area contributed by atoms with Crippen molar-refractivity contribution in [3.8, 4) is 6.07 Å². The van der Waals surface area contributed by atoms with Crippen molar-refractivity contribution in [2.45, 2.75) is 50.5 Å². The lowest BCUT2D eigenvalue weighted by atomic mass is 9.97. The number of aryl methyl sites for hydroxylation is 2. The van der Waals surface area contributed by atoms with Gasteiger partial charge in [-0.05, 0) is 57.2 Å². The molecule has 108 valence electrons. The zero-order chi connectivity index (χ0) is 14.6. The van der Waals surface area contributed by atoms with Crippen molar-refractivity contribution in [2.24, 2.45) is 5.92 Å². The lowest BCUT2D eigenvalue weighted by Crippen LogP contribution is -2.48. The van der Waals surface area contributed by atoms with Crippen LogP contribution in [0, 0.1) is 31.1 Å². The maximum absolute atomic E-state index is 9.69. The highest BCUT2D eigenvalue weighted by molar-refractivity contribution is 7.99. The molecule has 1 aromatic carbocycles. The SMILES string of the molecule is CCCNC(C#N)(CSc1cc(C)ccc1C)C1CC1. The van der Waals surface area contributed by atoms with Crippen molar-refractivity contribution >= 4 is 11.8 Å². The van der Waals surface area contributed by atoms with E-state index in [0.717, 1.165) is 18.7 Å². The molecule has 0 bridgehead atoms. The summed E-state index contributed by atoms with van der Waals surface area (Å²) in [6.45, 7) is 7.35. The monoisotopic (exact) mass is 288 g/mol. The Bertz CT molecular complexity index is 502. The van der Waals surface area contributed by atoms with E-state index >= 15 is 0 Å². The van der Waals surface area contributed by atoms with Crippen molar-refractivity contribution in [3.63, 3.8) is 0 Å². The van der Waals surface area contributed by atoms with E-state index in [9.17, 15) is 5.26 Å². The van der Waals surface area contributed by atoms with E-state index in [1.807, 2.05) is 11.8 Å². The number of thioether (sulfide) groups is 1. The molecular formula is C17H24N2S. The summed E-state index contributed by atoms with van der Waals surface area (Å²) >= 11 is 1.83. The van der Waals surface area contributed by atoms with Gasteiger partial charge >= 0.3 is 0 Å². The summed E-state index contributed by atoms with van der Waals surface area (Å²) in [5.74, 6) is 1.38. The average Bonchev–Trinajstić information content (AvgIpc) is 3.28. The second-order valence-electron chi connectivity index (χ2n) is 5.84. The van der Waals surface area contributed by atoms with Crippen LogP contribution in [0.25, 0.3) is 0 Å². The average molecular weight is 288 g/mol. The molecule has 0 saturated heterocycles. The van der Waals surface area contributed by atoms with Crippen molar-refractivity contribution in [2.75, 3.05) is 12.3 Å². The molecule has 1 aromatic rings. The molecule has 3 heteroatoms. The standard InChI is InChI=1S/C17H24N2S/c1-4-9-19-17(11-18,15-7-8-15)12-20-16-10-13(2)5-6-14(16)3/h5-6,10,15,19H,4,7-9,12H2,1-3H3. The molecule has 2 nitrogen and oxygen atoms in total. The molecule has 2 rings (SSSR count). The third kappa shape index (κ3) is 3.56. The van der Waals surface area contributed by atoms with Crippen LogP contribution in [0.1, 0.15) is 37.3 Å². The highest BCUT2D eigenvalue weighted by Crippen LogP contribution is 2.42. The first-order valence-corrected chi connectivity index (χ1v) is 8.46. The van der Waals surface area contributed by atoms with Crippen LogP contribution in [0.3, 0.4) is 0 Å². The van der Waals surface area contributed by atoms with E-state index in [-0.39, 0.29) is 5.54 Å². The molecule has 1 aliphatic rings. The number of nitrogens with zero attached hydrogens (tertiary/aromatic N) is 1. The minimum atomic E-state index is -0.336. The zero-order valence-electron chi connectivity index (χ0n) is 12.7. The molecule has 0 amide bonds. The van der Waals surface area contributed by atoms with Crippen LogP contribution in [0.4, 0.5) is 0 Å². The summed E-state index contributed by atoms with van der Waals surface area (Å²) in [4.78, 5) is 1.31. The van der Waals surface area contributed by atoms with Crippen LogP contribution in [-0.2, 0) is 0 Å². The van der Waals surface area contributed by atoms with Gasteiger partial charge in [0.05, 0.1) is 6.07 Å². The number of hydrogen-bond donors (Lipinski definition) is 1. The van der Waals surface area contributed by atoms with Crippen molar-refractivity contribution in [1.82, 2.24) is 5.32 Å². The van der Waals surface area contributed by atoms with Gasteiger partial charge in [-0.25, -0.2) is 0 Å². The fourth-order valence-electron chi connectivity index (χ4n) is 2.45. The van der Waals surface area contributed by atoms with Crippen molar-refractivity contribution < 1.29 is 0 Å². The molecule has 20 heavy (non-hydrogen) atoms. The van der Waals surface area contributed by atoms with Crippen LogP contribution in [0.2, 0.25) is 0 Å². The first-order chi connectivity index (χ1) is 9.61. The van der Waals surface area contributed by atoms with Gasteiger partial charge in [-0.2, -0.15) is 5.26 Å². The smallest absolute Gasteiger partial charge is 0.119 e. The Morgan fingerprint density at radius 3 is 2.75 bits per heavy atom. The molecule has 0 aromatic heterocycles. The minimum absolute atomic E-state index is 0.336. The van der Waals surface area contributed by atoms with Gasteiger partial charge in [-0.15, -0.1) is 11.8 Å². The molecule has 0 aliphatic heterocycles. The Balaban J connectivity index is 2.08. The first kappa shape index (κ1) is 15.4. The normalized spacial score (nSPS) is 17.5. The number of benzene rings is 1. The lowest BCUT2D eigenvalue weighted by Gasteiger charge is -2.28. The summed E-state index contributed by atoms with van der Waals surface area (Å²) in [5, 5.41) is 13.2. The van der Waals surface area contributed by atoms with Gasteiger partial charge in [-0.3, -0.25) is 5.32 Å². The Kier molecular flexibility index (Phi) is 5.12. The van der Waals surface area contributed by atoms with Gasteiger partial charge in [-0.1, -0.05) is 24.6 Å².